The van der Waals surface area contributed by atoms with Gasteiger partial charge in [0.05, 0.1) is 30.0 Å². The van der Waals surface area contributed by atoms with Crippen LogP contribution in [0.25, 0.3) is 21.8 Å². The van der Waals surface area contributed by atoms with Crippen LogP contribution in [0, 0.1) is 11.7 Å². The molecule has 4 atom stereocenters. The topological polar surface area (TPSA) is 95.3 Å². The fraction of sp³-hybridized carbons (Fsp3) is 0.450. The van der Waals surface area contributed by atoms with Gasteiger partial charge in [0.15, 0.2) is 11.0 Å². The lowest BCUT2D eigenvalue weighted by Gasteiger charge is -2.38. The van der Waals surface area contributed by atoms with Crippen molar-refractivity contribution in [2.24, 2.45) is 5.92 Å². The van der Waals surface area contributed by atoms with Gasteiger partial charge in [-0.25, -0.2) is 14.2 Å². The third-order valence-corrected chi connectivity index (χ3v) is 7.75. The van der Waals surface area contributed by atoms with Crippen LogP contribution in [0.4, 0.5) is 9.18 Å². The van der Waals surface area contributed by atoms with Gasteiger partial charge in [-0.1, -0.05) is 11.6 Å². The van der Waals surface area contributed by atoms with Gasteiger partial charge in [0.2, 0.25) is 0 Å². The van der Waals surface area contributed by atoms with E-state index in [-0.39, 0.29) is 22.8 Å². The van der Waals surface area contributed by atoms with Crippen molar-refractivity contribution in [1.82, 2.24) is 24.8 Å². The van der Waals surface area contributed by atoms with Gasteiger partial charge in [-0.3, -0.25) is 4.90 Å². The average molecular weight is 464 g/mol. The molecule has 11 heteroatoms. The summed E-state index contributed by atoms with van der Waals surface area (Å²) < 4.78 is 34.8. The molecule has 3 saturated heterocycles. The Morgan fingerprint density at radius 3 is 2.94 bits per heavy atom. The first-order valence-corrected chi connectivity index (χ1v) is 12.0. The van der Waals surface area contributed by atoms with Crippen molar-refractivity contribution in [3.05, 3.63) is 28.9 Å². The van der Waals surface area contributed by atoms with Crippen molar-refractivity contribution < 1.29 is 18.5 Å². The summed E-state index contributed by atoms with van der Waals surface area (Å²) in [4.78, 5) is 22.2. The van der Waals surface area contributed by atoms with Gasteiger partial charge in [0.25, 0.3) is 5.03 Å². The number of rotatable bonds is 4. The third-order valence-electron chi connectivity index (χ3n) is 6.63. The van der Waals surface area contributed by atoms with E-state index in [1.165, 1.54) is 12.5 Å². The largest absolute Gasteiger partial charge is 0.610 e. The van der Waals surface area contributed by atoms with Crippen LogP contribution in [0.3, 0.4) is 0 Å². The summed E-state index contributed by atoms with van der Waals surface area (Å²) in [5.41, 5.74) is 1.68. The smallest absolute Gasteiger partial charge is 0.410 e. The lowest BCUT2D eigenvalue weighted by Crippen LogP contribution is -2.40. The van der Waals surface area contributed by atoms with Crippen LogP contribution in [0.15, 0.2) is 17.3 Å². The molecular formula is C20H19ClFN5O3S. The Bertz CT molecular complexity index is 1240. The normalized spacial score (nSPS) is 26.0. The van der Waals surface area contributed by atoms with E-state index in [9.17, 15) is 13.7 Å². The van der Waals surface area contributed by atoms with Gasteiger partial charge >= 0.3 is 6.09 Å². The van der Waals surface area contributed by atoms with Crippen LogP contribution in [0.5, 0.6) is 0 Å². The molecule has 3 aromatic heterocycles. The number of pyridine rings is 2. The Kier molecular flexibility index (Phi) is 4.37. The zero-order chi connectivity index (χ0) is 21.4. The Morgan fingerprint density at radius 2 is 2.29 bits per heavy atom. The number of hydrogen-bond acceptors (Lipinski definition) is 6. The predicted octanol–water partition coefficient (Wildman–Crippen LogP) is 2.60. The maximum absolute atomic E-state index is 14.9. The van der Waals surface area contributed by atoms with Gasteiger partial charge < -0.3 is 19.2 Å². The molecule has 2 bridgehead atoms. The second kappa shape index (κ2) is 6.93. The van der Waals surface area contributed by atoms with Crippen molar-refractivity contribution in [2.45, 2.75) is 30.1 Å². The molecule has 4 unspecified atom stereocenters. The van der Waals surface area contributed by atoms with Crippen molar-refractivity contribution in [2.75, 3.05) is 26.0 Å². The zero-order valence-corrected chi connectivity index (χ0v) is 18.2. The fourth-order valence-corrected chi connectivity index (χ4v) is 6.02. The first kappa shape index (κ1) is 19.5. The number of nitrogens with zero attached hydrogens (tertiary/aromatic N) is 4. The van der Waals surface area contributed by atoms with Crippen molar-refractivity contribution in [3.8, 4) is 0 Å². The molecule has 0 radical (unpaired) electrons. The molecule has 0 aromatic carbocycles. The Morgan fingerprint density at radius 1 is 1.45 bits per heavy atom. The van der Waals surface area contributed by atoms with Crippen LogP contribution in [0.1, 0.15) is 18.2 Å². The molecule has 8 nitrogen and oxygen atoms in total. The van der Waals surface area contributed by atoms with Gasteiger partial charge in [0, 0.05) is 41.0 Å². The first-order chi connectivity index (χ1) is 14.9. The molecule has 31 heavy (non-hydrogen) atoms. The van der Waals surface area contributed by atoms with Crippen LogP contribution >= 0.6 is 11.6 Å². The van der Waals surface area contributed by atoms with Gasteiger partial charge in [-0.2, -0.15) is 4.98 Å². The quantitative estimate of drug-likeness (QED) is 0.472. The number of cyclic esters (lactones) is 1. The number of ether oxygens (including phenoxy) is 1. The maximum Gasteiger partial charge on any atom is 0.410 e. The number of halogens is 2. The number of carbonyl (C=O) groups excluding carboxylic acids is 1. The third kappa shape index (κ3) is 2.78. The summed E-state index contributed by atoms with van der Waals surface area (Å²) >= 11 is 4.47. The minimum atomic E-state index is -1.45. The lowest BCUT2D eigenvalue weighted by molar-refractivity contribution is 0.155. The van der Waals surface area contributed by atoms with Gasteiger partial charge in [-0.15, -0.1) is 0 Å². The van der Waals surface area contributed by atoms with E-state index in [2.05, 4.69) is 19.9 Å². The second-order valence-corrected chi connectivity index (χ2v) is 9.95. The molecule has 3 aliphatic heterocycles. The molecular weight excluding hydrogens is 445 g/mol. The number of amides is 1. The van der Waals surface area contributed by atoms with Crippen molar-refractivity contribution in [1.29, 1.82) is 0 Å². The number of aromatic nitrogens is 3. The predicted molar refractivity (Wildman–Crippen MR) is 113 cm³/mol. The lowest BCUT2D eigenvalue weighted by atomic mass is 9.79. The molecule has 4 fully saturated rings. The van der Waals surface area contributed by atoms with Crippen LogP contribution < -0.4 is 5.32 Å². The van der Waals surface area contributed by atoms with E-state index < -0.39 is 17.0 Å². The van der Waals surface area contributed by atoms with Crippen LogP contribution in [0.2, 0.25) is 5.15 Å². The summed E-state index contributed by atoms with van der Waals surface area (Å²) in [7, 11) is 0. The van der Waals surface area contributed by atoms with E-state index in [4.69, 9.17) is 16.3 Å². The number of fused-ring (bicyclic) bond motifs is 4. The van der Waals surface area contributed by atoms with E-state index in [1.54, 1.807) is 4.90 Å². The zero-order valence-electron chi connectivity index (χ0n) is 16.6. The average Bonchev–Trinajstić information content (AvgIpc) is 3.50. The van der Waals surface area contributed by atoms with Crippen LogP contribution in [-0.4, -0.2) is 62.1 Å². The number of carbonyl (C=O) groups is 1. The SMILES string of the molecule is C[S+]([O-])c1nc2c(F)c(Cl)ncc2c2c1cc(CN1CCOC1=O)n2C1C2CNC1C2. The molecule has 0 spiro atoms. The van der Waals surface area contributed by atoms with Crippen LogP contribution in [-0.2, 0) is 22.5 Å². The highest BCUT2D eigenvalue weighted by molar-refractivity contribution is 7.90. The van der Waals surface area contributed by atoms with E-state index in [0.29, 0.717) is 47.5 Å². The van der Waals surface area contributed by atoms with Gasteiger partial charge in [0.1, 0.15) is 18.4 Å². The summed E-state index contributed by atoms with van der Waals surface area (Å²) in [6.07, 6.45) is 3.77. The van der Waals surface area contributed by atoms with Gasteiger partial charge in [-0.05, 0) is 18.4 Å². The minimum absolute atomic E-state index is 0.0591. The molecule has 4 aliphatic rings. The molecule has 3 aromatic rings. The molecule has 7 rings (SSSR count). The minimum Gasteiger partial charge on any atom is -0.610 e. The van der Waals surface area contributed by atoms with Crippen molar-refractivity contribution in [3.63, 3.8) is 0 Å². The molecule has 1 aliphatic carbocycles. The number of hydrogen-bond donors (Lipinski definition) is 1. The Balaban J connectivity index is 1.66. The molecule has 1 amide bonds. The second-order valence-electron chi connectivity index (χ2n) is 8.30. The number of nitrogens with one attached hydrogen (secondary N) is 1. The highest BCUT2D eigenvalue weighted by atomic mass is 35.5. The van der Waals surface area contributed by atoms with Crippen molar-refractivity contribution >= 4 is 50.7 Å². The highest BCUT2D eigenvalue weighted by Crippen LogP contribution is 2.48. The monoisotopic (exact) mass is 463 g/mol. The molecule has 1 N–H and O–H groups in total. The standard InChI is InChI=1S/C20H19ClFN5O3S/c1-31(29)19-11-5-10(8-26-2-3-30-20(26)28)27(16-9-4-13(16)23-6-9)17(11)12-7-24-18(21)14(22)15(12)25-19/h5,7,9,13,16,23H,2-4,6,8H2,1H3. The molecule has 1 saturated carbocycles. The molecule has 162 valence electrons. The summed E-state index contributed by atoms with van der Waals surface area (Å²) in [5, 5.41) is 4.76. The van der Waals surface area contributed by atoms with E-state index in [0.717, 1.165) is 24.2 Å². The maximum atomic E-state index is 14.9. The fourth-order valence-electron chi connectivity index (χ4n) is 5.20. The summed E-state index contributed by atoms with van der Waals surface area (Å²) in [5.74, 6) is -0.284. The first-order valence-electron chi connectivity index (χ1n) is 10.1. The summed E-state index contributed by atoms with van der Waals surface area (Å²) in [6, 6.07) is 2.39. The van der Waals surface area contributed by atoms with E-state index >= 15 is 0 Å². The van der Waals surface area contributed by atoms with E-state index in [1.807, 2.05) is 6.07 Å². The highest BCUT2D eigenvalue weighted by Gasteiger charge is 2.49. The molecule has 6 heterocycles. The Labute approximate surface area is 184 Å². The Hall–Kier alpha value is -2.14. The summed E-state index contributed by atoms with van der Waals surface area (Å²) in [6.45, 7) is 2.13.